The van der Waals surface area contributed by atoms with Crippen molar-refractivity contribution in [2.75, 3.05) is 0 Å². The summed E-state index contributed by atoms with van der Waals surface area (Å²) in [6.45, 7) is 0. The van der Waals surface area contributed by atoms with Crippen molar-refractivity contribution in [3.05, 3.63) is 46.6 Å². The number of hydrogen-bond donors (Lipinski definition) is 0. The van der Waals surface area contributed by atoms with E-state index in [2.05, 4.69) is 0 Å². The Balaban J connectivity index is 2.47. The number of benzene rings is 1. The second-order valence-electron chi connectivity index (χ2n) is 2.60. The van der Waals surface area contributed by atoms with Crippen LogP contribution in [0.25, 0.3) is 11.3 Å². The van der Waals surface area contributed by atoms with Crippen LogP contribution in [0.15, 0.2) is 41.0 Å². The van der Waals surface area contributed by atoms with Crippen LogP contribution < -0.4 is 0 Å². The molecule has 0 aliphatic carbocycles. The van der Waals surface area contributed by atoms with E-state index in [0.717, 1.165) is 5.56 Å². The first-order valence-corrected chi connectivity index (χ1v) is 4.52. The molecule has 1 nitrogen and oxygen atoms in total. The van der Waals surface area contributed by atoms with Gasteiger partial charge in [-0.1, -0.05) is 23.2 Å². The molecule has 0 aliphatic heterocycles. The van der Waals surface area contributed by atoms with Gasteiger partial charge in [0.05, 0.1) is 11.3 Å². The number of rotatable bonds is 1. The Morgan fingerprint density at radius 2 is 1.62 bits per heavy atom. The van der Waals surface area contributed by atoms with E-state index in [4.69, 9.17) is 27.6 Å². The molecule has 0 fully saturated rings. The zero-order valence-electron chi connectivity index (χ0n) is 6.63. The molecule has 0 saturated carbocycles. The molecule has 0 saturated heterocycles. The summed E-state index contributed by atoms with van der Waals surface area (Å²) in [5.74, 6) is 0.679. The summed E-state index contributed by atoms with van der Waals surface area (Å²) in [5.41, 5.74) is 0.930. The van der Waals surface area contributed by atoms with Crippen molar-refractivity contribution in [3.8, 4) is 11.3 Å². The van der Waals surface area contributed by atoms with Crippen LogP contribution in [0.3, 0.4) is 0 Å². The average Bonchev–Trinajstić information content (AvgIpc) is 2.53. The van der Waals surface area contributed by atoms with Crippen molar-refractivity contribution < 1.29 is 4.42 Å². The summed E-state index contributed by atoms with van der Waals surface area (Å²) in [6.07, 6.45) is 1.56. The van der Waals surface area contributed by atoms with Crippen LogP contribution in [0.5, 0.6) is 0 Å². The standard InChI is InChI=1S/C10H6Cl2O/c11-8-3-1-7(2-4-8)10-9(12)5-6-13-10/h1-6H. The molecule has 1 aromatic carbocycles. The molecule has 1 aromatic heterocycles. The third kappa shape index (κ3) is 1.71. The topological polar surface area (TPSA) is 13.1 Å². The SMILES string of the molecule is Clc1ccc(-c2occc2Cl)cc1. The molecule has 3 heteroatoms. The highest BCUT2D eigenvalue weighted by molar-refractivity contribution is 6.33. The zero-order valence-corrected chi connectivity index (χ0v) is 8.14. The lowest BCUT2D eigenvalue weighted by Crippen LogP contribution is -1.73. The minimum absolute atomic E-state index is 0.613. The third-order valence-electron chi connectivity index (χ3n) is 1.72. The van der Waals surface area contributed by atoms with E-state index in [9.17, 15) is 0 Å². The number of hydrogen-bond acceptors (Lipinski definition) is 1. The van der Waals surface area contributed by atoms with E-state index >= 15 is 0 Å². The Labute approximate surface area is 85.9 Å². The van der Waals surface area contributed by atoms with Crippen LogP contribution in [0.4, 0.5) is 0 Å². The second kappa shape index (κ2) is 3.44. The van der Waals surface area contributed by atoms with Crippen LogP contribution >= 0.6 is 23.2 Å². The largest absolute Gasteiger partial charge is 0.463 e. The maximum atomic E-state index is 5.89. The fourth-order valence-corrected chi connectivity index (χ4v) is 1.43. The molecular weight excluding hydrogens is 207 g/mol. The Kier molecular flexibility index (Phi) is 2.30. The van der Waals surface area contributed by atoms with E-state index in [1.165, 1.54) is 0 Å². The first-order chi connectivity index (χ1) is 6.27. The van der Waals surface area contributed by atoms with Gasteiger partial charge in [0.1, 0.15) is 0 Å². The van der Waals surface area contributed by atoms with Gasteiger partial charge in [0.2, 0.25) is 0 Å². The molecule has 2 aromatic rings. The fourth-order valence-electron chi connectivity index (χ4n) is 1.10. The Morgan fingerprint density at radius 3 is 2.15 bits per heavy atom. The van der Waals surface area contributed by atoms with Gasteiger partial charge < -0.3 is 4.42 Å². The van der Waals surface area contributed by atoms with Gasteiger partial charge in [0.25, 0.3) is 0 Å². The predicted octanol–water partition coefficient (Wildman–Crippen LogP) is 4.25. The lowest BCUT2D eigenvalue weighted by molar-refractivity contribution is 0.582. The van der Waals surface area contributed by atoms with Crippen molar-refractivity contribution in [2.45, 2.75) is 0 Å². The lowest BCUT2D eigenvalue weighted by atomic mass is 10.2. The summed E-state index contributed by atoms with van der Waals surface area (Å²) in [5, 5.41) is 1.31. The molecule has 0 bridgehead atoms. The van der Waals surface area contributed by atoms with Gasteiger partial charge in [0.15, 0.2) is 5.76 Å². The fraction of sp³-hybridized carbons (Fsp3) is 0. The van der Waals surface area contributed by atoms with Crippen LogP contribution in [0.1, 0.15) is 0 Å². The summed E-state index contributed by atoms with van der Waals surface area (Å²) < 4.78 is 5.22. The molecule has 0 aliphatic rings. The van der Waals surface area contributed by atoms with Gasteiger partial charge in [-0.15, -0.1) is 0 Å². The van der Waals surface area contributed by atoms with E-state index in [1.807, 2.05) is 12.1 Å². The molecule has 0 atom stereocenters. The normalized spacial score (nSPS) is 10.3. The highest BCUT2D eigenvalue weighted by Gasteiger charge is 2.05. The molecule has 13 heavy (non-hydrogen) atoms. The molecule has 0 radical (unpaired) electrons. The van der Waals surface area contributed by atoms with Gasteiger partial charge in [-0.3, -0.25) is 0 Å². The Bertz CT molecular complexity index is 403. The van der Waals surface area contributed by atoms with E-state index in [0.29, 0.717) is 15.8 Å². The highest BCUT2D eigenvalue weighted by atomic mass is 35.5. The van der Waals surface area contributed by atoms with E-state index < -0.39 is 0 Å². The molecule has 66 valence electrons. The maximum Gasteiger partial charge on any atom is 0.152 e. The second-order valence-corrected chi connectivity index (χ2v) is 3.45. The van der Waals surface area contributed by atoms with Crippen molar-refractivity contribution in [1.82, 2.24) is 0 Å². The maximum absolute atomic E-state index is 5.89. The average molecular weight is 213 g/mol. The van der Waals surface area contributed by atoms with Crippen molar-refractivity contribution >= 4 is 23.2 Å². The molecule has 0 amide bonds. The Hall–Kier alpha value is -0.920. The van der Waals surface area contributed by atoms with Crippen LogP contribution in [0, 0.1) is 0 Å². The highest BCUT2D eigenvalue weighted by Crippen LogP contribution is 2.29. The zero-order chi connectivity index (χ0) is 9.26. The molecule has 0 spiro atoms. The van der Waals surface area contributed by atoms with Crippen LogP contribution in [-0.4, -0.2) is 0 Å². The minimum atomic E-state index is 0.613. The van der Waals surface area contributed by atoms with Gasteiger partial charge >= 0.3 is 0 Å². The summed E-state index contributed by atoms with van der Waals surface area (Å²) in [7, 11) is 0. The van der Waals surface area contributed by atoms with Gasteiger partial charge in [-0.05, 0) is 30.3 Å². The van der Waals surface area contributed by atoms with Crippen molar-refractivity contribution in [2.24, 2.45) is 0 Å². The number of halogens is 2. The molecule has 1 heterocycles. The first-order valence-electron chi connectivity index (χ1n) is 3.76. The van der Waals surface area contributed by atoms with E-state index in [1.54, 1.807) is 24.5 Å². The van der Waals surface area contributed by atoms with Gasteiger partial charge in [-0.25, -0.2) is 0 Å². The molecular formula is C10H6Cl2O. The number of furan rings is 1. The predicted molar refractivity (Wildman–Crippen MR) is 54.2 cm³/mol. The third-order valence-corrected chi connectivity index (χ3v) is 2.27. The minimum Gasteiger partial charge on any atom is -0.463 e. The quantitative estimate of drug-likeness (QED) is 0.689. The first kappa shape index (κ1) is 8.67. The molecule has 2 rings (SSSR count). The molecule has 0 N–H and O–H groups in total. The summed E-state index contributed by atoms with van der Waals surface area (Å²) >= 11 is 11.6. The van der Waals surface area contributed by atoms with Gasteiger partial charge in [-0.2, -0.15) is 0 Å². The molecule has 0 unspecified atom stereocenters. The van der Waals surface area contributed by atoms with E-state index in [-0.39, 0.29) is 0 Å². The summed E-state index contributed by atoms with van der Waals surface area (Å²) in [6, 6.07) is 9.05. The smallest absolute Gasteiger partial charge is 0.152 e. The van der Waals surface area contributed by atoms with Crippen molar-refractivity contribution in [3.63, 3.8) is 0 Å². The Morgan fingerprint density at radius 1 is 0.923 bits per heavy atom. The van der Waals surface area contributed by atoms with Gasteiger partial charge in [0, 0.05) is 10.6 Å². The monoisotopic (exact) mass is 212 g/mol. The lowest BCUT2D eigenvalue weighted by Gasteiger charge is -1.97. The van der Waals surface area contributed by atoms with Crippen LogP contribution in [-0.2, 0) is 0 Å². The van der Waals surface area contributed by atoms with Crippen molar-refractivity contribution in [1.29, 1.82) is 0 Å². The van der Waals surface area contributed by atoms with Crippen LogP contribution in [0.2, 0.25) is 10.0 Å². The summed E-state index contributed by atoms with van der Waals surface area (Å²) in [4.78, 5) is 0.